The van der Waals surface area contributed by atoms with Gasteiger partial charge in [-0.25, -0.2) is 9.37 Å². The van der Waals surface area contributed by atoms with Crippen LogP contribution in [0.3, 0.4) is 0 Å². The van der Waals surface area contributed by atoms with Crippen molar-refractivity contribution in [2.75, 3.05) is 6.54 Å². The molecule has 1 aromatic heterocycles. The molecule has 3 nitrogen and oxygen atoms in total. The number of hydrogen-bond donors (Lipinski definition) is 2. The number of hydrogen-bond acceptors (Lipinski definition) is 2. The summed E-state index contributed by atoms with van der Waals surface area (Å²) in [5.74, 6) is 0.884. The molecule has 2 heterocycles. The molecule has 0 amide bonds. The third kappa shape index (κ3) is 2.56. The van der Waals surface area contributed by atoms with Crippen molar-refractivity contribution in [2.45, 2.75) is 44.8 Å². The molecule has 0 radical (unpaired) electrons. The monoisotopic (exact) mass is 211 g/mol. The van der Waals surface area contributed by atoms with Gasteiger partial charge in [0.05, 0.1) is 11.9 Å². The number of H-pyrrole nitrogens is 1. The number of nitrogens with one attached hydrogen (secondary N) is 2. The second-order valence-electron chi connectivity index (χ2n) is 4.71. The lowest BCUT2D eigenvalue weighted by molar-refractivity contribution is 0.215. The van der Waals surface area contributed by atoms with Gasteiger partial charge in [-0.1, -0.05) is 0 Å². The van der Waals surface area contributed by atoms with Crippen LogP contribution in [-0.4, -0.2) is 22.6 Å². The smallest absolute Gasteiger partial charge is 0.146 e. The molecule has 1 unspecified atom stereocenters. The van der Waals surface area contributed by atoms with E-state index in [2.05, 4.69) is 15.3 Å². The van der Waals surface area contributed by atoms with Gasteiger partial charge >= 0.3 is 0 Å². The molecule has 0 saturated carbocycles. The Morgan fingerprint density at radius 3 is 2.93 bits per heavy atom. The van der Waals surface area contributed by atoms with Crippen LogP contribution < -0.4 is 5.32 Å². The molecule has 2 rings (SSSR count). The minimum absolute atomic E-state index is 0.506. The van der Waals surface area contributed by atoms with Crippen molar-refractivity contribution in [3.63, 3.8) is 0 Å². The summed E-state index contributed by atoms with van der Waals surface area (Å²) in [4.78, 5) is 7.26. The van der Waals surface area contributed by atoms with Crippen molar-refractivity contribution in [3.05, 3.63) is 17.7 Å². The van der Waals surface area contributed by atoms with Crippen molar-refractivity contribution < 1.29 is 4.39 Å². The normalized spacial score (nSPS) is 22.2. The quantitative estimate of drug-likeness (QED) is 0.801. The topological polar surface area (TPSA) is 40.7 Å². The van der Waals surface area contributed by atoms with Crippen LogP contribution in [0.5, 0.6) is 0 Å². The molecule has 1 aliphatic heterocycles. The maximum Gasteiger partial charge on any atom is 0.146 e. The highest BCUT2D eigenvalue weighted by Crippen LogP contribution is 2.22. The Balaban J connectivity index is 2.00. The SMILES string of the molecule is CC(C)(F)c1cnc(CC2CCCN2)[nH]1. The van der Waals surface area contributed by atoms with Crippen LogP contribution in [0.2, 0.25) is 0 Å². The van der Waals surface area contributed by atoms with E-state index in [9.17, 15) is 4.39 Å². The fourth-order valence-corrected chi connectivity index (χ4v) is 1.93. The summed E-state index contributed by atoms with van der Waals surface area (Å²) in [6, 6.07) is 0.506. The zero-order valence-electron chi connectivity index (χ0n) is 9.31. The van der Waals surface area contributed by atoms with E-state index < -0.39 is 5.67 Å². The number of aromatic nitrogens is 2. The molecule has 1 aliphatic rings. The third-order valence-electron chi connectivity index (χ3n) is 2.87. The standard InChI is InChI=1S/C11H18FN3/c1-11(2,12)9-7-14-10(15-9)6-8-4-3-5-13-8/h7-8,13H,3-6H2,1-2H3,(H,14,15). The van der Waals surface area contributed by atoms with Gasteiger partial charge in [-0.15, -0.1) is 0 Å². The van der Waals surface area contributed by atoms with E-state index in [4.69, 9.17) is 0 Å². The predicted molar refractivity (Wildman–Crippen MR) is 57.5 cm³/mol. The summed E-state index contributed by atoms with van der Waals surface area (Å²) in [5, 5.41) is 3.40. The molecule has 15 heavy (non-hydrogen) atoms. The lowest BCUT2D eigenvalue weighted by Gasteiger charge is -2.11. The molecule has 1 atom stereocenters. The van der Waals surface area contributed by atoms with Crippen LogP contribution in [0, 0.1) is 0 Å². The van der Waals surface area contributed by atoms with Crippen LogP contribution in [0.15, 0.2) is 6.20 Å². The van der Waals surface area contributed by atoms with Gasteiger partial charge in [0.25, 0.3) is 0 Å². The summed E-state index contributed by atoms with van der Waals surface area (Å²) in [7, 11) is 0. The molecule has 1 fully saturated rings. The number of alkyl halides is 1. The van der Waals surface area contributed by atoms with Crippen molar-refractivity contribution in [2.24, 2.45) is 0 Å². The number of rotatable bonds is 3. The first-order chi connectivity index (χ1) is 7.05. The fourth-order valence-electron chi connectivity index (χ4n) is 1.93. The maximum atomic E-state index is 13.6. The summed E-state index contributed by atoms with van der Waals surface area (Å²) in [5.41, 5.74) is -0.760. The van der Waals surface area contributed by atoms with E-state index in [1.807, 2.05) is 0 Å². The first-order valence-electron chi connectivity index (χ1n) is 5.52. The Hall–Kier alpha value is -0.900. The number of halogens is 1. The third-order valence-corrected chi connectivity index (χ3v) is 2.87. The van der Waals surface area contributed by atoms with Crippen molar-refractivity contribution in [3.8, 4) is 0 Å². The van der Waals surface area contributed by atoms with Crippen LogP contribution in [0.1, 0.15) is 38.2 Å². The highest BCUT2D eigenvalue weighted by Gasteiger charge is 2.22. The molecule has 1 saturated heterocycles. The highest BCUT2D eigenvalue weighted by atomic mass is 19.1. The number of aromatic amines is 1. The second-order valence-corrected chi connectivity index (χ2v) is 4.71. The van der Waals surface area contributed by atoms with Gasteiger partial charge in [0.1, 0.15) is 11.5 Å². The average molecular weight is 211 g/mol. The van der Waals surface area contributed by atoms with Crippen LogP contribution in [-0.2, 0) is 12.1 Å². The van der Waals surface area contributed by atoms with Crippen LogP contribution >= 0.6 is 0 Å². The van der Waals surface area contributed by atoms with Crippen LogP contribution in [0.25, 0.3) is 0 Å². The zero-order valence-corrected chi connectivity index (χ0v) is 9.31. The van der Waals surface area contributed by atoms with Gasteiger partial charge in [-0.3, -0.25) is 0 Å². The summed E-state index contributed by atoms with van der Waals surface area (Å²) in [6.45, 7) is 4.17. The van der Waals surface area contributed by atoms with Crippen molar-refractivity contribution in [1.29, 1.82) is 0 Å². The van der Waals surface area contributed by atoms with Gasteiger partial charge in [-0.2, -0.15) is 0 Å². The lowest BCUT2D eigenvalue weighted by atomic mass is 10.1. The van der Waals surface area contributed by atoms with E-state index in [1.54, 1.807) is 6.20 Å². The number of imidazole rings is 1. The zero-order chi connectivity index (χ0) is 10.9. The van der Waals surface area contributed by atoms with Crippen molar-refractivity contribution in [1.82, 2.24) is 15.3 Å². The van der Waals surface area contributed by atoms with E-state index in [0.29, 0.717) is 11.7 Å². The lowest BCUT2D eigenvalue weighted by Crippen LogP contribution is -2.24. The Morgan fingerprint density at radius 2 is 2.40 bits per heavy atom. The Bertz CT molecular complexity index is 321. The molecule has 84 valence electrons. The van der Waals surface area contributed by atoms with Gasteiger partial charge in [0.2, 0.25) is 0 Å². The van der Waals surface area contributed by atoms with E-state index >= 15 is 0 Å². The molecule has 0 spiro atoms. The first kappa shape index (κ1) is 10.6. The van der Waals surface area contributed by atoms with Gasteiger partial charge < -0.3 is 10.3 Å². The Morgan fingerprint density at radius 1 is 1.60 bits per heavy atom. The fraction of sp³-hybridized carbons (Fsp3) is 0.727. The second kappa shape index (κ2) is 3.93. The highest BCUT2D eigenvalue weighted by molar-refractivity contribution is 5.09. The molecule has 1 aromatic rings. The largest absolute Gasteiger partial charge is 0.343 e. The minimum atomic E-state index is -1.33. The van der Waals surface area contributed by atoms with Crippen LogP contribution in [0.4, 0.5) is 4.39 Å². The first-order valence-corrected chi connectivity index (χ1v) is 5.52. The molecular weight excluding hydrogens is 193 g/mol. The molecule has 0 aliphatic carbocycles. The molecular formula is C11H18FN3. The van der Waals surface area contributed by atoms with Gasteiger partial charge in [0, 0.05) is 12.5 Å². The summed E-state index contributed by atoms with van der Waals surface area (Å²) < 4.78 is 13.6. The maximum absolute atomic E-state index is 13.6. The van der Waals surface area contributed by atoms with Crippen molar-refractivity contribution >= 4 is 0 Å². The molecule has 0 bridgehead atoms. The molecule has 4 heteroatoms. The van der Waals surface area contributed by atoms with E-state index in [1.165, 1.54) is 26.7 Å². The van der Waals surface area contributed by atoms with E-state index in [-0.39, 0.29) is 0 Å². The van der Waals surface area contributed by atoms with E-state index in [0.717, 1.165) is 18.8 Å². The Kier molecular flexibility index (Phi) is 2.78. The average Bonchev–Trinajstić information content (AvgIpc) is 2.73. The van der Waals surface area contributed by atoms with Gasteiger partial charge in [0.15, 0.2) is 0 Å². The van der Waals surface area contributed by atoms with Gasteiger partial charge in [-0.05, 0) is 33.2 Å². The summed E-state index contributed by atoms with van der Waals surface area (Å²) in [6.07, 6.45) is 4.89. The predicted octanol–water partition coefficient (Wildman–Crippen LogP) is 1.91. The summed E-state index contributed by atoms with van der Waals surface area (Å²) >= 11 is 0. The Labute approximate surface area is 89.5 Å². The number of nitrogens with zero attached hydrogens (tertiary/aromatic N) is 1. The molecule has 0 aromatic carbocycles. The molecule has 2 N–H and O–H groups in total. The minimum Gasteiger partial charge on any atom is -0.343 e.